The van der Waals surface area contributed by atoms with Gasteiger partial charge in [-0.3, -0.25) is 0 Å². The van der Waals surface area contributed by atoms with E-state index in [0.717, 1.165) is 26.1 Å². The molecule has 1 aliphatic heterocycles. The molecule has 0 amide bonds. The van der Waals surface area contributed by atoms with Crippen molar-refractivity contribution in [1.29, 1.82) is 0 Å². The molecule has 0 spiro atoms. The number of piperidine rings is 1. The number of hydrogen-bond donors (Lipinski definition) is 2. The highest BCUT2D eigenvalue weighted by Crippen LogP contribution is 2.37. The lowest BCUT2D eigenvalue weighted by Gasteiger charge is -2.44. The first-order valence-electron chi connectivity index (χ1n) is 8.26. The zero-order chi connectivity index (χ0) is 13.7. The lowest BCUT2D eigenvalue weighted by molar-refractivity contribution is 0.00211. The number of β-amino-alcohol motifs (C(OH)–C–C–N with tert-alkyl or cyclic N) is 1. The molecule has 19 heavy (non-hydrogen) atoms. The summed E-state index contributed by atoms with van der Waals surface area (Å²) in [6, 6.07) is 0. The summed E-state index contributed by atoms with van der Waals surface area (Å²) in [6.07, 6.45) is 7.95. The number of nitrogens with zero attached hydrogens (tertiary/aromatic N) is 1. The van der Waals surface area contributed by atoms with Crippen molar-refractivity contribution >= 4 is 0 Å². The Morgan fingerprint density at radius 1 is 1.26 bits per heavy atom. The molecule has 2 unspecified atom stereocenters. The van der Waals surface area contributed by atoms with E-state index in [0.29, 0.717) is 11.3 Å². The van der Waals surface area contributed by atoms with Crippen molar-refractivity contribution in [1.82, 2.24) is 10.2 Å². The average Bonchev–Trinajstić information content (AvgIpc) is 2.42. The van der Waals surface area contributed by atoms with E-state index < -0.39 is 0 Å². The fourth-order valence-corrected chi connectivity index (χ4v) is 3.82. The van der Waals surface area contributed by atoms with E-state index in [1.54, 1.807) is 0 Å². The minimum absolute atomic E-state index is 0.117. The molecule has 2 aliphatic rings. The summed E-state index contributed by atoms with van der Waals surface area (Å²) < 4.78 is 0. The van der Waals surface area contributed by atoms with Crippen molar-refractivity contribution in [3.8, 4) is 0 Å². The molecule has 1 saturated heterocycles. The first-order chi connectivity index (χ1) is 9.15. The molecule has 2 fully saturated rings. The van der Waals surface area contributed by atoms with E-state index in [2.05, 4.69) is 24.1 Å². The van der Waals surface area contributed by atoms with E-state index in [1.165, 1.54) is 45.2 Å². The van der Waals surface area contributed by atoms with Gasteiger partial charge in [0.05, 0.1) is 6.10 Å². The molecule has 0 aromatic carbocycles. The summed E-state index contributed by atoms with van der Waals surface area (Å²) in [5.74, 6) is 0.479. The summed E-state index contributed by atoms with van der Waals surface area (Å²) in [5, 5.41) is 13.7. The summed E-state index contributed by atoms with van der Waals surface area (Å²) >= 11 is 0. The van der Waals surface area contributed by atoms with Gasteiger partial charge in [0.1, 0.15) is 0 Å². The van der Waals surface area contributed by atoms with E-state index in [-0.39, 0.29) is 6.10 Å². The number of hydrogen-bond acceptors (Lipinski definition) is 3. The lowest BCUT2D eigenvalue weighted by atomic mass is 9.73. The lowest BCUT2D eigenvalue weighted by Crippen LogP contribution is -2.50. The van der Waals surface area contributed by atoms with Crippen LogP contribution < -0.4 is 5.32 Å². The molecule has 0 aromatic rings. The Morgan fingerprint density at radius 3 is 2.63 bits per heavy atom. The zero-order valence-electron chi connectivity index (χ0n) is 12.8. The zero-order valence-corrected chi connectivity index (χ0v) is 12.8. The Hall–Kier alpha value is -0.120. The minimum Gasteiger partial charge on any atom is -0.392 e. The molecule has 0 aromatic heterocycles. The van der Waals surface area contributed by atoms with Gasteiger partial charge in [0, 0.05) is 19.6 Å². The third-order valence-corrected chi connectivity index (χ3v) is 5.23. The van der Waals surface area contributed by atoms with Crippen molar-refractivity contribution in [2.24, 2.45) is 11.3 Å². The second kappa shape index (κ2) is 7.05. The third-order valence-electron chi connectivity index (χ3n) is 5.23. The quantitative estimate of drug-likeness (QED) is 0.803. The van der Waals surface area contributed by atoms with Crippen molar-refractivity contribution in [3.63, 3.8) is 0 Å². The van der Waals surface area contributed by atoms with E-state index in [4.69, 9.17) is 0 Å². The molecule has 2 rings (SSSR count). The predicted molar refractivity (Wildman–Crippen MR) is 80.3 cm³/mol. The average molecular weight is 268 g/mol. The standard InChI is InChI=1S/C16H32N2O/c1-3-17-12-16(8-5-4-6-9-16)13-18-10-7-14(2)15(19)11-18/h14-15,17,19H,3-13H2,1-2H3. The van der Waals surface area contributed by atoms with Crippen LogP contribution in [0.2, 0.25) is 0 Å². The van der Waals surface area contributed by atoms with Crippen molar-refractivity contribution in [2.45, 2.75) is 58.5 Å². The van der Waals surface area contributed by atoms with Crippen LogP contribution in [0.4, 0.5) is 0 Å². The van der Waals surface area contributed by atoms with Gasteiger partial charge in [-0.1, -0.05) is 33.1 Å². The molecule has 0 radical (unpaired) electrons. The number of nitrogens with one attached hydrogen (secondary N) is 1. The van der Waals surface area contributed by atoms with Gasteiger partial charge in [0.15, 0.2) is 0 Å². The van der Waals surface area contributed by atoms with E-state index in [9.17, 15) is 5.11 Å². The van der Waals surface area contributed by atoms with Gasteiger partial charge >= 0.3 is 0 Å². The molecule has 0 bridgehead atoms. The second-order valence-corrected chi connectivity index (χ2v) is 6.91. The van der Waals surface area contributed by atoms with Crippen LogP contribution in [0.5, 0.6) is 0 Å². The van der Waals surface area contributed by atoms with Crippen LogP contribution >= 0.6 is 0 Å². The topological polar surface area (TPSA) is 35.5 Å². The normalized spacial score (nSPS) is 32.4. The molecule has 1 saturated carbocycles. The Morgan fingerprint density at radius 2 is 2.00 bits per heavy atom. The molecule has 2 N–H and O–H groups in total. The molecule has 112 valence electrons. The van der Waals surface area contributed by atoms with Crippen LogP contribution in [-0.2, 0) is 0 Å². The van der Waals surface area contributed by atoms with Gasteiger partial charge in [-0.05, 0) is 43.7 Å². The molecular formula is C16H32N2O. The first-order valence-corrected chi connectivity index (χ1v) is 8.26. The van der Waals surface area contributed by atoms with Crippen LogP contribution in [0.15, 0.2) is 0 Å². The number of aliphatic hydroxyl groups excluding tert-OH is 1. The molecular weight excluding hydrogens is 236 g/mol. The largest absolute Gasteiger partial charge is 0.392 e. The van der Waals surface area contributed by atoms with Crippen molar-refractivity contribution < 1.29 is 5.11 Å². The number of likely N-dealkylation sites (tertiary alicyclic amines) is 1. The molecule has 3 nitrogen and oxygen atoms in total. The van der Waals surface area contributed by atoms with Crippen molar-refractivity contribution in [3.05, 3.63) is 0 Å². The Labute approximate surface area is 118 Å². The number of rotatable bonds is 5. The van der Waals surface area contributed by atoms with Gasteiger partial charge in [0.2, 0.25) is 0 Å². The van der Waals surface area contributed by atoms with Crippen molar-refractivity contribution in [2.75, 3.05) is 32.7 Å². The second-order valence-electron chi connectivity index (χ2n) is 6.91. The van der Waals surface area contributed by atoms with Gasteiger partial charge in [-0.25, -0.2) is 0 Å². The molecule has 3 heteroatoms. The van der Waals surface area contributed by atoms with Crippen LogP contribution in [0.1, 0.15) is 52.4 Å². The van der Waals surface area contributed by atoms with E-state index in [1.807, 2.05) is 0 Å². The van der Waals surface area contributed by atoms with Crippen LogP contribution in [0, 0.1) is 11.3 Å². The molecule has 2 atom stereocenters. The van der Waals surface area contributed by atoms with Gasteiger partial charge in [-0.2, -0.15) is 0 Å². The third kappa shape index (κ3) is 4.17. The SMILES string of the molecule is CCNCC1(CN2CCC(C)C(O)C2)CCCCC1. The maximum Gasteiger partial charge on any atom is 0.0693 e. The Balaban J connectivity index is 1.91. The van der Waals surface area contributed by atoms with Gasteiger partial charge < -0.3 is 15.3 Å². The van der Waals surface area contributed by atoms with E-state index >= 15 is 0 Å². The maximum absolute atomic E-state index is 10.1. The van der Waals surface area contributed by atoms with Gasteiger partial charge in [-0.15, -0.1) is 0 Å². The Kier molecular flexibility index (Phi) is 5.67. The monoisotopic (exact) mass is 268 g/mol. The maximum atomic E-state index is 10.1. The summed E-state index contributed by atoms with van der Waals surface area (Å²) in [7, 11) is 0. The van der Waals surface area contributed by atoms with Gasteiger partial charge in [0.25, 0.3) is 0 Å². The predicted octanol–water partition coefficient (Wildman–Crippen LogP) is 2.25. The smallest absolute Gasteiger partial charge is 0.0693 e. The van der Waals surface area contributed by atoms with Crippen LogP contribution in [0.3, 0.4) is 0 Å². The van der Waals surface area contributed by atoms with Crippen LogP contribution in [0.25, 0.3) is 0 Å². The highest BCUT2D eigenvalue weighted by atomic mass is 16.3. The highest BCUT2D eigenvalue weighted by molar-refractivity contribution is 4.90. The van der Waals surface area contributed by atoms with Crippen LogP contribution in [-0.4, -0.2) is 48.8 Å². The minimum atomic E-state index is -0.117. The summed E-state index contributed by atoms with van der Waals surface area (Å²) in [6.45, 7) is 9.85. The fourth-order valence-electron chi connectivity index (χ4n) is 3.82. The highest BCUT2D eigenvalue weighted by Gasteiger charge is 2.35. The Bertz CT molecular complexity index is 263. The molecule has 1 heterocycles. The molecule has 1 aliphatic carbocycles. The number of aliphatic hydroxyl groups is 1. The fraction of sp³-hybridized carbons (Fsp3) is 1.00. The summed E-state index contributed by atoms with van der Waals surface area (Å²) in [5.41, 5.74) is 0.467. The summed E-state index contributed by atoms with van der Waals surface area (Å²) in [4.78, 5) is 2.52. The first kappa shape index (κ1) is 15.3.